The van der Waals surface area contributed by atoms with E-state index in [0.29, 0.717) is 12.8 Å². The molecule has 3 N–H and O–H groups in total. The number of nitrogens with zero attached hydrogens (tertiary/aromatic N) is 1. The van der Waals surface area contributed by atoms with Crippen LogP contribution in [0, 0.1) is 10.1 Å². The highest BCUT2D eigenvalue weighted by Gasteiger charge is 2.60. The van der Waals surface area contributed by atoms with Crippen LogP contribution in [-0.4, -0.2) is 26.6 Å². The molecule has 11 nitrogen and oxygen atoms in total. The van der Waals surface area contributed by atoms with Crippen molar-refractivity contribution in [2.75, 3.05) is 5.32 Å². The van der Waals surface area contributed by atoms with Crippen molar-refractivity contribution in [3.8, 4) is 5.88 Å². The van der Waals surface area contributed by atoms with Crippen LogP contribution < -0.4 is 21.3 Å². The van der Waals surface area contributed by atoms with Crippen molar-refractivity contribution in [2.24, 2.45) is 0 Å². The molecular formula is C18H12N4O7. The Bertz CT molecular complexity index is 1300. The number of benzene rings is 1. The first-order valence-corrected chi connectivity index (χ1v) is 8.76. The molecule has 11 heteroatoms. The van der Waals surface area contributed by atoms with Crippen LogP contribution in [0.5, 0.6) is 5.88 Å². The largest absolute Gasteiger partial charge is 0.444 e. The molecule has 5 rings (SSSR count). The Morgan fingerprint density at radius 3 is 2.66 bits per heavy atom. The zero-order valence-electron chi connectivity index (χ0n) is 14.7. The summed E-state index contributed by atoms with van der Waals surface area (Å²) < 4.78 is 5.67. The van der Waals surface area contributed by atoms with Gasteiger partial charge in [-0.3, -0.25) is 34.5 Å². The summed E-state index contributed by atoms with van der Waals surface area (Å²) >= 11 is 0. The van der Waals surface area contributed by atoms with Crippen molar-refractivity contribution in [2.45, 2.75) is 24.7 Å². The summed E-state index contributed by atoms with van der Waals surface area (Å²) in [6.45, 7) is 0. The molecule has 1 atom stereocenters. The molecule has 0 saturated heterocycles. The van der Waals surface area contributed by atoms with Crippen LogP contribution in [0.15, 0.2) is 39.1 Å². The topological polar surface area (TPSA) is 164 Å². The second-order valence-corrected chi connectivity index (χ2v) is 6.98. The van der Waals surface area contributed by atoms with Gasteiger partial charge in [0, 0.05) is 36.2 Å². The molecule has 0 fully saturated rings. The van der Waals surface area contributed by atoms with E-state index in [2.05, 4.69) is 15.3 Å². The fraction of sp³-hybridized carbons (Fsp3) is 0.222. The fourth-order valence-corrected chi connectivity index (χ4v) is 4.37. The van der Waals surface area contributed by atoms with Crippen molar-refractivity contribution >= 4 is 23.1 Å². The third-order valence-electron chi connectivity index (χ3n) is 5.46. The highest BCUT2D eigenvalue weighted by atomic mass is 16.6. The summed E-state index contributed by atoms with van der Waals surface area (Å²) in [7, 11) is 0. The van der Waals surface area contributed by atoms with Gasteiger partial charge >= 0.3 is 5.69 Å². The number of non-ortho nitro benzene ring substituents is 1. The van der Waals surface area contributed by atoms with Gasteiger partial charge in [0.25, 0.3) is 11.2 Å². The minimum atomic E-state index is -1.94. The molecule has 3 heterocycles. The van der Waals surface area contributed by atoms with Gasteiger partial charge in [-0.25, -0.2) is 4.79 Å². The lowest BCUT2D eigenvalue weighted by Crippen LogP contribution is -2.49. The molecule has 0 radical (unpaired) electrons. The highest BCUT2D eigenvalue weighted by molar-refractivity contribution is 6.19. The number of amides is 1. The molecule has 1 amide bonds. The number of ether oxygens (including phenoxy) is 1. The Labute approximate surface area is 160 Å². The average molecular weight is 396 g/mol. The maximum atomic E-state index is 13.3. The normalized spacial score (nSPS) is 21.9. The van der Waals surface area contributed by atoms with E-state index in [-0.39, 0.29) is 46.1 Å². The van der Waals surface area contributed by atoms with E-state index >= 15 is 0 Å². The van der Waals surface area contributed by atoms with Crippen LogP contribution in [0.1, 0.15) is 30.4 Å². The van der Waals surface area contributed by atoms with Crippen LogP contribution in [-0.2, 0) is 15.0 Å². The predicted octanol–water partition coefficient (Wildman–Crippen LogP) is 0.609. The van der Waals surface area contributed by atoms with Gasteiger partial charge < -0.3 is 10.1 Å². The van der Waals surface area contributed by atoms with Gasteiger partial charge in [-0.2, -0.15) is 0 Å². The van der Waals surface area contributed by atoms with E-state index in [1.54, 1.807) is 0 Å². The lowest BCUT2D eigenvalue weighted by atomic mass is 9.65. The molecule has 2 aromatic rings. The number of allylic oxidation sites excluding steroid dienone is 1. The average Bonchev–Trinajstić information content (AvgIpc) is 2.93. The zero-order chi connectivity index (χ0) is 20.5. The number of fused-ring (bicyclic) bond motifs is 5. The number of Topliss-reactive ketones (excluding diaryl/α,β-unsaturated/α-hetero) is 1. The number of ketones is 1. The molecule has 1 unspecified atom stereocenters. The molecule has 1 aromatic heterocycles. The van der Waals surface area contributed by atoms with Gasteiger partial charge in [0.05, 0.1) is 10.5 Å². The molecule has 0 bridgehead atoms. The third kappa shape index (κ3) is 2.06. The molecule has 0 saturated carbocycles. The minimum absolute atomic E-state index is 0.0226. The summed E-state index contributed by atoms with van der Waals surface area (Å²) in [6.07, 6.45) is 0.923. The lowest BCUT2D eigenvalue weighted by molar-refractivity contribution is -0.384. The number of carbonyl (C=O) groups is 2. The van der Waals surface area contributed by atoms with Crippen molar-refractivity contribution < 1.29 is 19.2 Å². The predicted molar refractivity (Wildman–Crippen MR) is 96.7 cm³/mol. The number of nitro groups is 1. The molecule has 1 aromatic carbocycles. The van der Waals surface area contributed by atoms with E-state index in [0.717, 1.165) is 0 Å². The lowest BCUT2D eigenvalue weighted by Gasteiger charge is -2.37. The van der Waals surface area contributed by atoms with E-state index in [1.165, 1.54) is 18.2 Å². The van der Waals surface area contributed by atoms with Gasteiger partial charge in [-0.05, 0) is 12.5 Å². The summed E-state index contributed by atoms with van der Waals surface area (Å²) in [4.78, 5) is 66.0. The fourth-order valence-electron chi connectivity index (χ4n) is 4.37. The second kappa shape index (κ2) is 5.50. The summed E-state index contributed by atoms with van der Waals surface area (Å²) in [5, 5.41) is 14.0. The zero-order valence-corrected chi connectivity index (χ0v) is 14.7. The maximum Gasteiger partial charge on any atom is 0.328 e. The highest BCUT2D eigenvalue weighted by Crippen LogP contribution is 2.54. The van der Waals surface area contributed by atoms with E-state index in [9.17, 15) is 29.3 Å². The summed E-state index contributed by atoms with van der Waals surface area (Å²) in [5.41, 5.74) is -3.96. The van der Waals surface area contributed by atoms with Gasteiger partial charge in [0.1, 0.15) is 16.7 Å². The summed E-state index contributed by atoms with van der Waals surface area (Å²) in [5.74, 6) is -1.18. The van der Waals surface area contributed by atoms with Crippen molar-refractivity contribution in [1.29, 1.82) is 0 Å². The van der Waals surface area contributed by atoms with Gasteiger partial charge in [0.15, 0.2) is 5.78 Å². The number of H-pyrrole nitrogens is 2. The first kappa shape index (κ1) is 17.1. The van der Waals surface area contributed by atoms with Gasteiger partial charge in [0.2, 0.25) is 11.8 Å². The Morgan fingerprint density at radius 1 is 1.10 bits per heavy atom. The molecule has 1 aliphatic carbocycles. The first-order chi connectivity index (χ1) is 13.8. The van der Waals surface area contributed by atoms with E-state index in [1.807, 2.05) is 0 Å². The minimum Gasteiger partial charge on any atom is -0.444 e. The molecule has 1 spiro atoms. The molecule has 146 valence electrons. The molecule has 29 heavy (non-hydrogen) atoms. The van der Waals surface area contributed by atoms with E-state index < -0.39 is 33.3 Å². The third-order valence-corrected chi connectivity index (χ3v) is 5.46. The Kier molecular flexibility index (Phi) is 3.24. The van der Waals surface area contributed by atoms with Crippen LogP contribution in [0.3, 0.4) is 0 Å². The number of anilines is 1. The van der Waals surface area contributed by atoms with Crippen LogP contribution >= 0.6 is 0 Å². The monoisotopic (exact) mass is 396 g/mol. The number of hydrogen-bond acceptors (Lipinski definition) is 7. The number of hydrogen-bond donors (Lipinski definition) is 3. The summed E-state index contributed by atoms with van der Waals surface area (Å²) in [6, 6.07) is 3.73. The number of aromatic nitrogens is 2. The van der Waals surface area contributed by atoms with Gasteiger partial charge in [-0.1, -0.05) is 0 Å². The van der Waals surface area contributed by atoms with Crippen LogP contribution in [0.2, 0.25) is 0 Å². The second-order valence-electron chi connectivity index (χ2n) is 6.98. The number of carbonyl (C=O) groups excluding carboxylic acids is 2. The first-order valence-electron chi connectivity index (χ1n) is 8.76. The van der Waals surface area contributed by atoms with E-state index in [4.69, 9.17) is 4.74 Å². The number of nitrogens with one attached hydrogen (secondary N) is 3. The van der Waals surface area contributed by atoms with Crippen molar-refractivity contribution in [3.63, 3.8) is 0 Å². The quantitative estimate of drug-likeness (QED) is 0.469. The van der Waals surface area contributed by atoms with Crippen molar-refractivity contribution in [1.82, 2.24) is 9.97 Å². The molecular weight excluding hydrogens is 384 g/mol. The standard InChI is InChI=1S/C18H12N4O7/c23-10-2-1-3-11-12(10)18(13-14(24)20-17(26)21-15(13)29-11)8-6-7(22(27)28)4-5-9(8)19-16(18)25/h4-6H,1-3H2,(H,19,25)(H2,20,21,24,26). The molecule has 3 aliphatic rings. The number of aromatic amines is 2. The number of rotatable bonds is 1. The smallest absolute Gasteiger partial charge is 0.328 e. The van der Waals surface area contributed by atoms with Crippen LogP contribution in [0.4, 0.5) is 11.4 Å². The SMILES string of the molecule is O=C1CCCC2=C1C1(C(=O)Nc3ccc([N+](=O)[O-])cc31)c1c([nH]c(=O)[nH]c1=O)O2. The van der Waals surface area contributed by atoms with Crippen LogP contribution in [0.25, 0.3) is 0 Å². The maximum absolute atomic E-state index is 13.3. The van der Waals surface area contributed by atoms with Crippen molar-refractivity contribution in [3.05, 3.63) is 71.6 Å². The molecule has 2 aliphatic heterocycles. The number of nitro benzene ring substituents is 1. The Balaban J connectivity index is 1.97. The Hall–Kier alpha value is -4.02. The van der Waals surface area contributed by atoms with Gasteiger partial charge in [-0.15, -0.1) is 0 Å². The Morgan fingerprint density at radius 2 is 1.90 bits per heavy atom.